The van der Waals surface area contributed by atoms with E-state index in [2.05, 4.69) is 15.5 Å². The molecule has 0 unspecified atom stereocenters. The van der Waals surface area contributed by atoms with Gasteiger partial charge in [0.05, 0.1) is 16.5 Å². The molecule has 1 aromatic heterocycles. The summed E-state index contributed by atoms with van der Waals surface area (Å²) in [6.45, 7) is 1.97. The van der Waals surface area contributed by atoms with Crippen LogP contribution >= 0.6 is 35.0 Å². The molecular formula is C17H15Cl2N5OS. The smallest absolute Gasteiger partial charge is 0.234 e. The van der Waals surface area contributed by atoms with Gasteiger partial charge in [0.15, 0.2) is 5.82 Å². The molecule has 1 amide bonds. The summed E-state index contributed by atoms with van der Waals surface area (Å²) in [5.74, 6) is 6.49. The number of nitrogen functional groups attached to an aromatic ring is 1. The summed E-state index contributed by atoms with van der Waals surface area (Å²) in [5.41, 5.74) is 2.39. The first-order valence-electron chi connectivity index (χ1n) is 7.60. The Morgan fingerprint density at radius 1 is 1.23 bits per heavy atom. The highest BCUT2D eigenvalue weighted by Crippen LogP contribution is 2.27. The number of rotatable bonds is 5. The monoisotopic (exact) mass is 407 g/mol. The minimum absolute atomic E-state index is 0.103. The Labute approximate surface area is 164 Å². The number of halogens is 2. The molecule has 0 bridgehead atoms. The third kappa shape index (κ3) is 4.12. The van der Waals surface area contributed by atoms with E-state index < -0.39 is 0 Å². The van der Waals surface area contributed by atoms with Crippen molar-refractivity contribution in [2.75, 3.05) is 16.9 Å². The van der Waals surface area contributed by atoms with Gasteiger partial charge in [0.25, 0.3) is 0 Å². The molecular weight excluding hydrogens is 393 g/mol. The molecule has 6 nitrogen and oxygen atoms in total. The highest BCUT2D eigenvalue weighted by atomic mass is 35.5. The number of nitrogens with one attached hydrogen (secondary N) is 1. The Morgan fingerprint density at radius 2 is 2.00 bits per heavy atom. The Hall–Kier alpha value is -2.22. The van der Waals surface area contributed by atoms with E-state index >= 15 is 0 Å². The van der Waals surface area contributed by atoms with E-state index in [-0.39, 0.29) is 11.7 Å². The van der Waals surface area contributed by atoms with Gasteiger partial charge in [-0.3, -0.25) is 4.79 Å². The zero-order valence-corrected chi connectivity index (χ0v) is 16.1. The summed E-state index contributed by atoms with van der Waals surface area (Å²) < 4.78 is 1.38. The number of nitrogens with zero attached hydrogens (tertiary/aromatic N) is 3. The van der Waals surface area contributed by atoms with Crippen LogP contribution in [0.15, 0.2) is 47.6 Å². The lowest BCUT2D eigenvalue weighted by Gasteiger charge is -2.08. The Morgan fingerprint density at radius 3 is 2.77 bits per heavy atom. The molecule has 0 fully saturated rings. The number of hydrogen-bond donors (Lipinski definition) is 2. The molecule has 1 heterocycles. The average Bonchev–Trinajstić information content (AvgIpc) is 2.97. The normalized spacial score (nSPS) is 10.7. The Kier molecular flexibility index (Phi) is 5.70. The van der Waals surface area contributed by atoms with Gasteiger partial charge >= 0.3 is 0 Å². The van der Waals surface area contributed by atoms with E-state index in [1.807, 2.05) is 31.2 Å². The first-order chi connectivity index (χ1) is 12.5. The van der Waals surface area contributed by atoms with Crippen molar-refractivity contribution in [3.8, 4) is 11.4 Å². The van der Waals surface area contributed by atoms with Crippen molar-refractivity contribution in [3.63, 3.8) is 0 Å². The van der Waals surface area contributed by atoms with Gasteiger partial charge in [-0.2, -0.15) is 0 Å². The maximum absolute atomic E-state index is 12.2. The van der Waals surface area contributed by atoms with Crippen LogP contribution < -0.4 is 11.2 Å². The molecule has 26 heavy (non-hydrogen) atoms. The van der Waals surface area contributed by atoms with Gasteiger partial charge in [0, 0.05) is 10.6 Å². The van der Waals surface area contributed by atoms with Gasteiger partial charge < -0.3 is 11.2 Å². The minimum atomic E-state index is -0.250. The second-order valence-corrected chi connectivity index (χ2v) is 7.24. The molecule has 3 rings (SSSR count). The van der Waals surface area contributed by atoms with E-state index in [9.17, 15) is 4.79 Å². The van der Waals surface area contributed by atoms with E-state index in [1.54, 1.807) is 18.2 Å². The predicted octanol–water partition coefficient (Wildman–Crippen LogP) is 4.00. The second kappa shape index (κ2) is 7.99. The van der Waals surface area contributed by atoms with E-state index in [0.717, 1.165) is 11.1 Å². The zero-order valence-electron chi connectivity index (χ0n) is 13.7. The molecule has 3 N–H and O–H groups in total. The Balaban J connectivity index is 1.68. The SMILES string of the molecule is Cc1ccccc1-c1nnc(SCC(=O)Nc2cc(Cl)ccc2Cl)n1N. The molecule has 9 heteroatoms. The number of amides is 1. The largest absolute Gasteiger partial charge is 0.335 e. The van der Waals surface area contributed by atoms with Crippen LogP contribution in [0.1, 0.15) is 5.56 Å². The fourth-order valence-corrected chi connectivity index (χ4v) is 3.29. The van der Waals surface area contributed by atoms with Crippen LogP contribution in [0.25, 0.3) is 11.4 Å². The number of thioether (sulfide) groups is 1. The molecule has 0 saturated heterocycles. The molecule has 0 aliphatic rings. The number of anilines is 1. The van der Waals surface area contributed by atoms with E-state index in [1.165, 1.54) is 16.4 Å². The van der Waals surface area contributed by atoms with Crippen LogP contribution in [0.5, 0.6) is 0 Å². The number of nitrogens with two attached hydrogens (primary N) is 1. The molecule has 0 spiro atoms. The Bertz CT molecular complexity index is 960. The van der Waals surface area contributed by atoms with Crippen molar-refractivity contribution >= 4 is 46.6 Å². The van der Waals surface area contributed by atoms with Crippen LogP contribution in [0, 0.1) is 6.92 Å². The van der Waals surface area contributed by atoms with E-state index in [4.69, 9.17) is 29.0 Å². The summed E-state index contributed by atoms with van der Waals surface area (Å²) in [4.78, 5) is 12.2. The van der Waals surface area contributed by atoms with Gasteiger partial charge in [-0.1, -0.05) is 59.2 Å². The molecule has 3 aromatic rings. The molecule has 2 aromatic carbocycles. The predicted molar refractivity (Wildman–Crippen MR) is 106 cm³/mol. The fourth-order valence-electron chi connectivity index (χ4n) is 2.29. The number of carbonyl (C=O) groups is 1. The molecule has 0 radical (unpaired) electrons. The average molecular weight is 408 g/mol. The third-order valence-corrected chi connectivity index (χ3v) is 5.09. The summed E-state index contributed by atoms with van der Waals surface area (Å²) in [5, 5.41) is 12.3. The highest BCUT2D eigenvalue weighted by Gasteiger charge is 2.15. The molecule has 0 aliphatic carbocycles. The topological polar surface area (TPSA) is 85.8 Å². The first-order valence-corrected chi connectivity index (χ1v) is 9.34. The summed E-state index contributed by atoms with van der Waals surface area (Å²) in [6.07, 6.45) is 0. The third-order valence-electron chi connectivity index (χ3n) is 3.59. The lowest BCUT2D eigenvalue weighted by molar-refractivity contribution is -0.113. The maximum atomic E-state index is 12.2. The highest BCUT2D eigenvalue weighted by molar-refractivity contribution is 7.99. The summed E-state index contributed by atoms with van der Waals surface area (Å²) in [7, 11) is 0. The van der Waals surface area contributed by atoms with Crippen molar-refractivity contribution in [1.82, 2.24) is 14.9 Å². The van der Waals surface area contributed by atoms with Crippen LogP contribution in [-0.2, 0) is 4.79 Å². The lowest BCUT2D eigenvalue weighted by Crippen LogP contribution is -2.16. The van der Waals surface area contributed by atoms with Crippen molar-refractivity contribution < 1.29 is 4.79 Å². The van der Waals surface area contributed by atoms with Gasteiger partial charge in [0.2, 0.25) is 11.1 Å². The van der Waals surface area contributed by atoms with Crippen molar-refractivity contribution in [1.29, 1.82) is 0 Å². The second-order valence-electron chi connectivity index (χ2n) is 5.45. The number of aryl methyl sites for hydroxylation is 1. The number of hydrogen-bond acceptors (Lipinski definition) is 5. The van der Waals surface area contributed by atoms with Crippen LogP contribution in [0.4, 0.5) is 5.69 Å². The van der Waals surface area contributed by atoms with Gasteiger partial charge in [-0.05, 0) is 30.7 Å². The maximum Gasteiger partial charge on any atom is 0.234 e. The van der Waals surface area contributed by atoms with Crippen LogP contribution in [-0.4, -0.2) is 26.5 Å². The van der Waals surface area contributed by atoms with Crippen molar-refractivity contribution in [3.05, 3.63) is 58.1 Å². The quantitative estimate of drug-likeness (QED) is 0.492. The van der Waals surface area contributed by atoms with Crippen LogP contribution in [0.3, 0.4) is 0 Å². The summed E-state index contributed by atoms with van der Waals surface area (Å²) >= 11 is 13.1. The minimum Gasteiger partial charge on any atom is -0.335 e. The molecule has 134 valence electrons. The lowest BCUT2D eigenvalue weighted by atomic mass is 10.1. The van der Waals surface area contributed by atoms with E-state index in [0.29, 0.717) is 26.7 Å². The van der Waals surface area contributed by atoms with Crippen LogP contribution in [0.2, 0.25) is 10.0 Å². The summed E-state index contributed by atoms with van der Waals surface area (Å²) in [6, 6.07) is 12.6. The molecule has 0 atom stereocenters. The zero-order chi connectivity index (χ0) is 18.7. The molecule has 0 aliphatic heterocycles. The number of aromatic nitrogens is 3. The first kappa shape index (κ1) is 18.6. The standard InChI is InChI=1S/C17H15Cl2N5OS/c1-10-4-2-3-5-12(10)16-22-23-17(24(16)20)26-9-15(25)21-14-8-11(18)6-7-13(14)19/h2-8H,9,20H2,1H3,(H,21,25). The molecule has 0 saturated carbocycles. The van der Waals surface area contributed by atoms with Gasteiger partial charge in [-0.25, -0.2) is 4.68 Å². The van der Waals surface area contributed by atoms with Gasteiger partial charge in [0.1, 0.15) is 0 Å². The number of benzene rings is 2. The number of carbonyl (C=O) groups excluding carboxylic acids is 1. The fraction of sp³-hybridized carbons (Fsp3) is 0.118. The van der Waals surface area contributed by atoms with Crippen molar-refractivity contribution in [2.24, 2.45) is 0 Å². The van der Waals surface area contributed by atoms with Gasteiger partial charge in [-0.15, -0.1) is 10.2 Å². The van der Waals surface area contributed by atoms with Crippen molar-refractivity contribution in [2.45, 2.75) is 12.1 Å².